The zero-order valence-corrected chi connectivity index (χ0v) is 15.3. The fraction of sp³-hybridized carbons (Fsp3) is 0.400. The third-order valence-electron chi connectivity index (χ3n) is 4.56. The molecular weight excluding hydrogens is 298 g/mol. The molecule has 3 aromatic rings. The second-order valence-corrected chi connectivity index (χ2v) is 6.90. The number of fused-ring (bicyclic) bond motifs is 1. The molecule has 2 heterocycles. The summed E-state index contributed by atoms with van der Waals surface area (Å²) in [5, 5.41) is 14.8. The Hall–Kier alpha value is -2.20. The Morgan fingerprint density at radius 2 is 1.62 bits per heavy atom. The molecule has 0 amide bonds. The summed E-state index contributed by atoms with van der Waals surface area (Å²) in [7, 11) is 0. The zero-order chi connectivity index (χ0) is 17.6. The molecule has 1 atom stereocenters. The molecule has 0 aliphatic heterocycles. The van der Waals surface area contributed by atoms with E-state index < -0.39 is 6.10 Å². The first kappa shape index (κ1) is 16.7. The second kappa shape index (κ2) is 6.02. The molecular formula is C20H25N3O. The lowest BCUT2D eigenvalue weighted by Crippen LogP contribution is -2.07. The number of hydrogen-bond donors (Lipinski definition) is 1. The number of aryl methyl sites for hydroxylation is 3. The predicted molar refractivity (Wildman–Crippen MR) is 97.4 cm³/mol. The molecule has 0 fully saturated rings. The quantitative estimate of drug-likeness (QED) is 0.772. The molecule has 0 radical (unpaired) electrons. The van der Waals surface area contributed by atoms with Crippen molar-refractivity contribution in [3.05, 3.63) is 52.5 Å². The molecule has 24 heavy (non-hydrogen) atoms. The van der Waals surface area contributed by atoms with Gasteiger partial charge in [0, 0.05) is 5.69 Å². The minimum atomic E-state index is -0.603. The van der Waals surface area contributed by atoms with Crippen molar-refractivity contribution in [1.29, 1.82) is 0 Å². The van der Waals surface area contributed by atoms with E-state index >= 15 is 0 Å². The van der Waals surface area contributed by atoms with Crippen LogP contribution in [0.4, 0.5) is 0 Å². The minimum absolute atomic E-state index is 0.290. The molecule has 4 heteroatoms. The fourth-order valence-electron chi connectivity index (χ4n) is 3.29. The van der Waals surface area contributed by atoms with Crippen LogP contribution in [0.3, 0.4) is 0 Å². The van der Waals surface area contributed by atoms with Gasteiger partial charge in [-0.1, -0.05) is 32.0 Å². The van der Waals surface area contributed by atoms with Crippen LogP contribution in [0, 0.1) is 20.8 Å². The highest BCUT2D eigenvalue weighted by molar-refractivity contribution is 5.84. The summed E-state index contributed by atoms with van der Waals surface area (Å²) >= 11 is 0. The van der Waals surface area contributed by atoms with E-state index in [2.05, 4.69) is 45.9 Å². The van der Waals surface area contributed by atoms with Crippen molar-refractivity contribution in [3.63, 3.8) is 0 Å². The average molecular weight is 323 g/mol. The first-order valence-corrected chi connectivity index (χ1v) is 8.46. The van der Waals surface area contributed by atoms with Crippen LogP contribution >= 0.6 is 0 Å². The number of benzene rings is 1. The van der Waals surface area contributed by atoms with Crippen molar-refractivity contribution >= 4 is 5.65 Å². The van der Waals surface area contributed by atoms with Crippen LogP contribution < -0.4 is 0 Å². The van der Waals surface area contributed by atoms with Crippen LogP contribution in [0.15, 0.2) is 24.3 Å². The lowest BCUT2D eigenvalue weighted by molar-refractivity contribution is 0.194. The predicted octanol–water partition coefficient (Wildman–Crippen LogP) is 4.50. The highest BCUT2D eigenvalue weighted by Gasteiger charge is 2.21. The molecule has 2 aromatic heterocycles. The van der Waals surface area contributed by atoms with Gasteiger partial charge in [0.15, 0.2) is 5.65 Å². The topological polar surface area (TPSA) is 50.4 Å². The van der Waals surface area contributed by atoms with Crippen LogP contribution in [0.5, 0.6) is 0 Å². The SMILES string of the molecule is Cc1cccc(C)c1-c1c(C)nn2c(C(C)C)cc(C(C)O)nc12. The molecule has 0 aliphatic carbocycles. The third kappa shape index (κ3) is 2.61. The molecule has 0 bridgehead atoms. The lowest BCUT2D eigenvalue weighted by Gasteiger charge is -2.14. The monoisotopic (exact) mass is 323 g/mol. The zero-order valence-electron chi connectivity index (χ0n) is 15.3. The van der Waals surface area contributed by atoms with E-state index in [9.17, 15) is 5.11 Å². The molecule has 1 aromatic carbocycles. The van der Waals surface area contributed by atoms with Gasteiger partial charge in [0.05, 0.1) is 23.1 Å². The molecule has 0 spiro atoms. The van der Waals surface area contributed by atoms with Gasteiger partial charge >= 0.3 is 0 Å². The van der Waals surface area contributed by atoms with E-state index in [1.165, 1.54) is 16.7 Å². The smallest absolute Gasteiger partial charge is 0.163 e. The molecule has 1 unspecified atom stereocenters. The van der Waals surface area contributed by atoms with E-state index in [0.717, 1.165) is 22.6 Å². The third-order valence-corrected chi connectivity index (χ3v) is 4.56. The molecule has 3 rings (SSSR count). The number of nitrogens with zero attached hydrogens (tertiary/aromatic N) is 3. The lowest BCUT2D eigenvalue weighted by atomic mass is 9.96. The van der Waals surface area contributed by atoms with Crippen LogP contribution in [0.25, 0.3) is 16.8 Å². The van der Waals surface area contributed by atoms with Crippen molar-refractivity contribution in [1.82, 2.24) is 14.6 Å². The molecule has 0 saturated carbocycles. The number of aliphatic hydroxyl groups is 1. The van der Waals surface area contributed by atoms with Crippen molar-refractivity contribution in [2.45, 2.75) is 53.6 Å². The first-order chi connectivity index (χ1) is 11.3. The van der Waals surface area contributed by atoms with E-state index in [1.54, 1.807) is 6.92 Å². The standard InChI is InChI=1S/C20H25N3O/c1-11(2)17-10-16(15(6)24)21-20-19(14(5)22-23(17)20)18-12(3)8-7-9-13(18)4/h7-11,15,24H,1-6H3. The van der Waals surface area contributed by atoms with Crippen molar-refractivity contribution in [3.8, 4) is 11.1 Å². The minimum Gasteiger partial charge on any atom is -0.387 e. The molecule has 126 valence electrons. The Kier molecular flexibility index (Phi) is 4.18. The van der Waals surface area contributed by atoms with Gasteiger partial charge in [-0.2, -0.15) is 5.10 Å². The number of rotatable bonds is 3. The molecule has 4 nitrogen and oxygen atoms in total. The summed E-state index contributed by atoms with van der Waals surface area (Å²) in [5.41, 5.74) is 8.23. The summed E-state index contributed by atoms with van der Waals surface area (Å²) in [6.07, 6.45) is -0.603. The average Bonchev–Trinajstić information content (AvgIpc) is 2.82. The Bertz CT molecular complexity index is 887. The van der Waals surface area contributed by atoms with Crippen molar-refractivity contribution < 1.29 is 5.11 Å². The maximum atomic E-state index is 10.1. The largest absolute Gasteiger partial charge is 0.387 e. The van der Waals surface area contributed by atoms with Crippen molar-refractivity contribution in [2.24, 2.45) is 0 Å². The van der Waals surface area contributed by atoms with Crippen LogP contribution in [0.2, 0.25) is 0 Å². The van der Waals surface area contributed by atoms with Crippen LogP contribution in [-0.2, 0) is 0 Å². The van der Waals surface area contributed by atoms with E-state index in [0.29, 0.717) is 5.69 Å². The fourth-order valence-corrected chi connectivity index (χ4v) is 3.29. The van der Waals surface area contributed by atoms with Gasteiger partial charge in [0.25, 0.3) is 0 Å². The van der Waals surface area contributed by atoms with Crippen LogP contribution in [-0.4, -0.2) is 19.7 Å². The van der Waals surface area contributed by atoms with Gasteiger partial charge in [0.1, 0.15) is 0 Å². The van der Waals surface area contributed by atoms with E-state index in [-0.39, 0.29) is 5.92 Å². The Morgan fingerprint density at radius 1 is 1.00 bits per heavy atom. The highest BCUT2D eigenvalue weighted by atomic mass is 16.3. The van der Waals surface area contributed by atoms with Gasteiger partial charge < -0.3 is 5.11 Å². The second-order valence-electron chi connectivity index (χ2n) is 6.90. The highest BCUT2D eigenvalue weighted by Crippen LogP contribution is 2.34. The molecule has 1 N–H and O–H groups in total. The number of aromatic nitrogens is 3. The summed E-state index contributed by atoms with van der Waals surface area (Å²) < 4.78 is 1.94. The first-order valence-electron chi connectivity index (χ1n) is 8.46. The van der Waals surface area contributed by atoms with Gasteiger partial charge in [-0.3, -0.25) is 0 Å². The van der Waals surface area contributed by atoms with Gasteiger partial charge in [-0.25, -0.2) is 9.50 Å². The summed E-state index contributed by atoms with van der Waals surface area (Å²) in [4.78, 5) is 4.75. The maximum absolute atomic E-state index is 10.1. The van der Waals surface area contributed by atoms with Gasteiger partial charge in [-0.15, -0.1) is 0 Å². The van der Waals surface area contributed by atoms with E-state index in [1.807, 2.05) is 17.5 Å². The summed E-state index contributed by atoms with van der Waals surface area (Å²) in [6.45, 7) is 12.3. The Balaban J connectivity index is 2.43. The number of aliphatic hydroxyl groups excluding tert-OH is 1. The van der Waals surface area contributed by atoms with E-state index in [4.69, 9.17) is 10.1 Å². The summed E-state index contributed by atoms with van der Waals surface area (Å²) in [6, 6.07) is 8.27. The summed E-state index contributed by atoms with van der Waals surface area (Å²) in [5.74, 6) is 0.290. The van der Waals surface area contributed by atoms with Crippen LogP contribution in [0.1, 0.15) is 61.0 Å². The Labute approximate surface area is 143 Å². The van der Waals surface area contributed by atoms with Gasteiger partial charge in [0.2, 0.25) is 0 Å². The maximum Gasteiger partial charge on any atom is 0.163 e. The molecule has 0 saturated heterocycles. The Morgan fingerprint density at radius 3 is 2.17 bits per heavy atom. The van der Waals surface area contributed by atoms with Crippen molar-refractivity contribution in [2.75, 3.05) is 0 Å². The van der Waals surface area contributed by atoms with Gasteiger partial charge in [-0.05, 0) is 56.4 Å². The molecule has 0 aliphatic rings. The number of hydrogen-bond acceptors (Lipinski definition) is 3. The normalized spacial score (nSPS) is 13.0.